The standard InChI is InChI=1S/C14H21NO/c1-11-4-5-13(12(8-11)9-16)15-7-6-14(2,3)10-15/h4-5,8,16H,6-7,9-10H2,1-3H3. The van der Waals surface area contributed by atoms with Crippen LogP contribution in [0.4, 0.5) is 5.69 Å². The fourth-order valence-electron chi connectivity index (χ4n) is 2.47. The van der Waals surface area contributed by atoms with Crippen molar-refractivity contribution >= 4 is 5.69 Å². The average Bonchev–Trinajstić information content (AvgIpc) is 2.58. The minimum Gasteiger partial charge on any atom is -0.392 e. The van der Waals surface area contributed by atoms with Crippen LogP contribution in [0.3, 0.4) is 0 Å². The van der Waals surface area contributed by atoms with Gasteiger partial charge in [0.2, 0.25) is 0 Å². The van der Waals surface area contributed by atoms with Crippen molar-refractivity contribution in [3.05, 3.63) is 29.3 Å². The molecule has 1 aliphatic heterocycles. The summed E-state index contributed by atoms with van der Waals surface area (Å²) in [7, 11) is 0. The van der Waals surface area contributed by atoms with Gasteiger partial charge in [0.25, 0.3) is 0 Å². The van der Waals surface area contributed by atoms with Crippen molar-refractivity contribution in [1.82, 2.24) is 0 Å². The molecule has 0 amide bonds. The van der Waals surface area contributed by atoms with Gasteiger partial charge in [-0.3, -0.25) is 0 Å². The first-order chi connectivity index (χ1) is 7.52. The van der Waals surface area contributed by atoms with E-state index < -0.39 is 0 Å². The smallest absolute Gasteiger partial charge is 0.0702 e. The third-order valence-corrected chi connectivity index (χ3v) is 3.42. The molecule has 0 atom stereocenters. The molecule has 1 heterocycles. The normalized spacial score (nSPS) is 19.1. The first-order valence-corrected chi connectivity index (χ1v) is 5.97. The molecule has 2 rings (SSSR count). The summed E-state index contributed by atoms with van der Waals surface area (Å²) in [6, 6.07) is 6.35. The van der Waals surface area contributed by atoms with Gasteiger partial charge in [-0.1, -0.05) is 31.5 Å². The van der Waals surface area contributed by atoms with Crippen LogP contribution >= 0.6 is 0 Å². The maximum atomic E-state index is 9.41. The lowest BCUT2D eigenvalue weighted by atomic mass is 9.93. The molecule has 0 saturated carbocycles. The van der Waals surface area contributed by atoms with E-state index in [0.717, 1.165) is 18.7 Å². The highest BCUT2D eigenvalue weighted by atomic mass is 16.3. The molecule has 0 aliphatic carbocycles. The molecule has 0 bridgehead atoms. The summed E-state index contributed by atoms with van der Waals surface area (Å²) in [5.41, 5.74) is 3.88. The van der Waals surface area contributed by atoms with E-state index in [1.54, 1.807) is 0 Å². The predicted molar refractivity (Wildman–Crippen MR) is 67.7 cm³/mol. The number of rotatable bonds is 2. The molecule has 1 aromatic carbocycles. The lowest BCUT2D eigenvalue weighted by molar-refractivity contribution is 0.282. The Balaban J connectivity index is 2.27. The zero-order valence-electron chi connectivity index (χ0n) is 10.5. The summed E-state index contributed by atoms with van der Waals surface area (Å²) >= 11 is 0. The first-order valence-electron chi connectivity index (χ1n) is 5.97. The Morgan fingerprint density at radius 2 is 2.12 bits per heavy atom. The van der Waals surface area contributed by atoms with Gasteiger partial charge in [-0.2, -0.15) is 0 Å². The predicted octanol–water partition coefficient (Wildman–Crippen LogP) is 2.72. The molecule has 1 saturated heterocycles. The molecule has 1 aromatic rings. The van der Waals surface area contributed by atoms with Crippen molar-refractivity contribution in [2.24, 2.45) is 5.41 Å². The fraction of sp³-hybridized carbons (Fsp3) is 0.571. The van der Waals surface area contributed by atoms with Crippen LogP contribution in [0.5, 0.6) is 0 Å². The Bertz CT molecular complexity index is 384. The SMILES string of the molecule is Cc1ccc(N2CCC(C)(C)C2)c(CO)c1. The van der Waals surface area contributed by atoms with Crippen LogP contribution in [0.25, 0.3) is 0 Å². The molecular weight excluding hydrogens is 198 g/mol. The van der Waals surface area contributed by atoms with Gasteiger partial charge in [0, 0.05) is 24.3 Å². The molecule has 0 spiro atoms. The van der Waals surface area contributed by atoms with Crippen molar-refractivity contribution < 1.29 is 5.11 Å². The molecule has 16 heavy (non-hydrogen) atoms. The number of aliphatic hydroxyl groups is 1. The first kappa shape index (κ1) is 11.5. The van der Waals surface area contributed by atoms with E-state index in [2.05, 4.69) is 43.9 Å². The Labute approximate surface area is 97.9 Å². The zero-order chi connectivity index (χ0) is 11.8. The number of aliphatic hydroxyl groups excluding tert-OH is 1. The van der Waals surface area contributed by atoms with E-state index in [1.807, 2.05) is 0 Å². The zero-order valence-corrected chi connectivity index (χ0v) is 10.5. The van der Waals surface area contributed by atoms with Crippen molar-refractivity contribution in [2.45, 2.75) is 33.8 Å². The molecule has 1 fully saturated rings. The summed E-state index contributed by atoms with van der Waals surface area (Å²) in [6.45, 7) is 9.00. The molecule has 1 N–H and O–H groups in total. The van der Waals surface area contributed by atoms with Crippen molar-refractivity contribution in [1.29, 1.82) is 0 Å². The number of benzene rings is 1. The van der Waals surface area contributed by atoms with Crippen LogP contribution < -0.4 is 4.90 Å². The highest BCUT2D eigenvalue weighted by molar-refractivity contribution is 5.55. The molecule has 88 valence electrons. The van der Waals surface area contributed by atoms with Gasteiger partial charge in [0.1, 0.15) is 0 Å². The van der Waals surface area contributed by atoms with E-state index >= 15 is 0 Å². The summed E-state index contributed by atoms with van der Waals surface area (Å²) < 4.78 is 0. The van der Waals surface area contributed by atoms with Gasteiger partial charge >= 0.3 is 0 Å². The topological polar surface area (TPSA) is 23.5 Å². The van der Waals surface area contributed by atoms with E-state index in [9.17, 15) is 5.11 Å². The molecule has 2 heteroatoms. The van der Waals surface area contributed by atoms with E-state index in [-0.39, 0.29) is 6.61 Å². The number of anilines is 1. The molecule has 2 nitrogen and oxygen atoms in total. The summed E-state index contributed by atoms with van der Waals surface area (Å²) in [5, 5.41) is 9.41. The molecule has 0 unspecified atom stereocenters. The third-order valence-electron chi connectivity index (χ3n) is 3.42. The Kier molecular flexibility index (Phi) is 2.94. The second-order valence-corrected chi connectivity index (χ2v) is 5.63. The maximum absolute atomic E-state index is 9.41. The lowest BCUT2D eigenvalue weighted by Gasteiger charge is -2.24. The highest BCUT2D eigenvalue weighted by Gasteiger charge is 2.30. The van der Waals surface area contributed by atoms with Gasteiger partial charge in [-0.15, -0.1) is 0 Å². The van der Waals surface area contributed by atoms with Gasteiger partial charge < -0.3 is 10.0 Å². The largest absolute Gasteiger partial charge is 0.392 e. The van der Waals surface area contributed by atoms with E-state index in [1.165, 1.54) is 17.7 Å². The molecule has 0 aromatic heterocycles. The van der Waals surface area contributed by atoms with Crippen molar-refractivity contribution in [2.75, 3.05) is 18.0 Å². The lowest BCUT2D eigenvalue weighted by Crippen LogP contribution is -2.23. The number of hydrogen-bond acceptors (Lipinski definition) is 2. The van der Waals surface area contributed by atoms with Crippen LogP contribution in [0.1, 0.15) is 31.4 Å². The monoisotopic (exact) mass is 219 g/mol. The van der Waals surface area contributed by atoms with Crippen LogP contribution in [-0.4, -0.2) is 18.2 Å². The van der Waals surface area contributed by atoms with Crippen LogP contribution in [0.15, 0.2) is 18.2 Å². The van der Waals surface area contributed by atoms with Crippen molar-refractivity contribution in [3.63, 3.8) is 0 Å². The quantitative estimate of drug-likeness (QED) is 0.826. The summed E-state index contributed by atoms with van der Waals surface area (Å²) in [4.78, 5) is 2.39. The van der Waals surface area contributed by atoms with Gasteiger partial charge in [0.05, 0.1) is 6.61 Å². The maximum Gasteiger partial charge on any atom is 0.0702 e. The second kappa shape index (κ2) is 4.10. The second-order valence-electron chi connectivity index (χ2n) is 5.63. The Morgan fingerprint density at radius 1 is 1.38 bits per heavy atom. The van der Waals surface area contributed by atoms with Gasteiger partial charge in [-0.25, -0.2) is 0 Å². The Hall–Kier alpha value is -1.02. The number of nitrogens with zero attached hydrogens (tertiary/aromatic N) is 1. The molecule has 1 aliphatic rings. The summed E-state index contributed by atoms with van der Waals surface area (Å²) in [5.74, 6) is 0. The Morgan fingerprint density at radius 3 is 2.69 bits per heavy atom. The van der Waals surface area contributed by atoms with E-state index in [0.29, 0.717) is 5.41 Å². The molecule has 0 radical (unpaired) electrons. The number of hydrogen-bond donors (Lipinski definition) is 1. The summed E-state index contributed by atoms with van der Waals surface area (Å²) in [6.07, 6.45) is 1.23. The van der Waals surface area contributed by atoms with Crippen LogP contribution in [-0.2, 0) is 6.61 Å². The minimum absolute atomic E-state index is 0.133. The molecular formula is C14H21NO. The number of aryl methyl sites for hydroxylation is 1. The van der Waals surface area contributed by atoms with Gasteiger partial charge in [-0.05, 0) is 24.8 Å². The average molecular weight is 219 g/mol. The highest BCUT2D eigenvalue weighted by Crippen LogP contribution is 2.34. The van der Waals surface area contributed by atoms with Crippen LogP contribution in [0.2, 0.25) is 0 Å². The van der Waals surface area contributed by atoms with Crippen LogP contribution in [0, 0.1) is 12.3 Å². The third kappa shape index (κ3) is 2.22. The van der Waals surface area contributed by atoms with Crippen molar-refractivity contribution in [3.8, 4) is 0 Å². The minimum atomic E-state index is 0.133. The van der Waals surface area contributed by atoms with Gasteiger partial charge in [0.15, 0.2) is 0 Å². The van der Waals surface area contributed by atoms with E-state index in [4.69, 9.17) is 0 Å². The fourth-order valence-corrected chi connectivity index (χ4v) is 2.47.